The highest BCUT2D eigenvalue weighted by Gasteiger charge is 2.23. The van der Waals surface area contributed by atoms with Crippen LogP contribution in [0.1, 0.15) is 38.7 Å². The van der Waals surface area contributed by atoms with Crippen LogP contribution >= 0.6 is 12.4 Å². The van der Waals surface area contributed by atoms with Crippen molar-refractivity contribution in [2.24, 2.45) is 11.7 Å². The van der Waals surface area contributed by atoms with Gasteiger partial charge in [0.15, 0.2) is 0 Å². The number of halogens is 1. The number of nitrogens with two attached hydrogens (primary N) is 1. The molecule has 2 amide bonds. The van der Waals surface area contributed by atoms with Crippen LogP contribution in [0.3, 0.4) is 0 Å². The molecule has 0 radical (unpaired) electrons. The van der Waals surface area contributed by atoms with Crippen LogP contribution in [0.25, 0.3) is 0 Å². The van der Waals surface area contributed by atoms with E-state index in [0.717, 1.165) is 24.8 Å². The summed E-state index contributed by atoms with van der Waals surface area (Å²) in [7, 11) is 0. The van der Waals surface area contributed by atoms with Crippen LogP contribution in [0.5, 0.6) is 0 Å². The fourth-order valence-corrected chi connectivity index (χ4v) is 2.59. The van der Waals surface area contributed by atoms with Gasteiger partial charge in [0.2, 0.25) is 5.91 Å². The Balaban J connectivity index is 0.00000312. The molecule has 7 heteroatoms. The number of rotatable bonds is 7. The van der Waals surface area contributed by atoms with Crippen LogP contribution in [0, 0.1) is 5.92 Å². The quantitative estimate of drug-likeness (QED) is 0.687. The Morgan fingerprint density at radius 2 is 2.16 bits per heavy atom. The van der Waals surface area contributed by atoms with Crippen LogP contribution in [0.2, 0.25) is 0 Å². The second-order valence-electron chi connectivity index (χ2n) is 6.32. The van der Waals surface area contributed by atoms with E-state index in [1.165, 1.54) is 0 Å². The highest BCUT2D eigenvalue weighted by Crippen LogP contribution is 2.16. The molecule has 3 atom stereocenters. The summed E-state index contributed by atoms with van der Waals surface area (Å²) in [4.78, 5) is 24.1. The van der Waals surface area contributed by atoms with Gasteiger partial charge in [0.05, 0.1) is 6.04 Å². The lowest BCUT2D eigenvalue weighted by Gasteiger charge is -2.18. The maximum atomic E-state index is 12.1. The lowest BCUT2D eigenvalue weighted by atomic mass is 9.99. The van der Waals surface area contributed by atoms with Crippen molar-refractivity contribution in [3.63, 3.8) is 0 Å². The van der Waals surface area contributed by atoms with Gasteiger partial charge in [0.1, 0.15) is 6.10 Å². The summed E-state index contributed by atoms with van der Waals surface area (Å²) in [5.41, 5.74) is 7.53. The van der Waals surface area contributed by atoms with Gasteiger partial charge in [-0.25, -0.2) is 0 Å². The van der Waals surface area contributed by atoms with Gasteiger partial charge in [-0.3, -0.25) is 9.59 Å². The minimum Gasteiger partial charge on any atom is -0.368 e. The van der Waals surface area contributed by atoms with Crippen molar-refractivity contribution in [1.29, 1.82) is 0 Å². The topological polar surface area (TPSA) is 93.5 Å². The SMILES string of the molecule is CCC(C)C(N)C(=O)NCc1cccc(NC(=O)C2CCCO2)c1.Cl. The van der Waals surface area contributed by atoms with Crippen molar-refractivity contribution in [3.05, 3.63) is 29.8 Å². The average Bonchev–Trinajstić information content (AvgIpc) is 3.13. The van der Waals surface area contributed by atoms with E-state index in [9.17, 15) is 9.59 Å². The fraction of sp³-hybridized carbons (Fsp3) is 0.556. The van der Waals surface area contributed by atoms with Gasteiger partial charge in [-0.2, -0.15) is 0 Å². The van der Waals surface area contributed by atoms with Gasteiger partial charge in [-0.15, -0.1) is 12.4 Å². The van der Waals surface area contributed by atoms with Crippen molar-refractivity contribution in [1.82, 2.24) is 5.32 Å². The molecule has 1 aliphatic heterocycles. The van der Waals surface area contributed by atoms with E-state index in [1.807, 2.05) is 38.1 Å². The Labute approximate surface area is 155 Å². The van der Waals surface area contributed by atoms with Gasteiger partial charge in [0, 0.05) is 18.8 Å². The molecule has 1 aromatic rings. The molecule has 4 N–H and O–H groups in total. The standard InChI is InChI=1S/C18H27N3O3.ClH/c1-3-12(2)16(19)18(23)20-11-13-6-4-7-14(10-13)21-17(22)15-8-5-9-24-15;/h4,6-7,10,12,15-16H,3,5,8-9,11,19H2,1-2H3,(H,20,23)(H,21,22);1H. The van der Waals surface area contributed by atoms with E-state index in [-0.39, 0.29) is 36.2 Å². The number of anilines is 1. The number of carbonyl (C=O) groups is 2. The van der Waals surface area contributed by atoms with Crippen molar-refractivity contribution in [2.75, 3.05) is 11.9 Å². The molecule has 1 heterocycles. The molecule has 6 nitrogen and oxygen atoms in total. The summed E-state index contributed by atoms with van der Waals surface area (Å²) in [6.45, 7) is 5.00. The predicted molar refractivity (Wildman–Crippen MR) is 101 cm³/mol. The molecular weight excluding hydrogens is 342 g/mol. The smallest absolute Gasteiger partial charge is 0.253 e. The second kappa shape index (κ2) is 10.4. The Kier molecular flexibility index (Phi) is 8.89. The Bertz CT molecular complexity index is 576. The summed E-state index contributed by atoms with van der Waals surface area (Å²) in [5, 5.41) is 5.71. The number of hydrogen-bond donors (Lipinski definition) is 3. The third kappa shape index (κ3) is 6.30. The van der Waals surface area contributed by atoms with Gasteiger partial charge < -0.3 is 21.1 Å². The average molecular weight is 370 g/mol. The summed E-state index contributed by atoms with van der Waals surface area (Å²) < 4.78 is 5.37. The van der Waals surface area contributed by atoms with Crippen LogP contribution in [-0.4, -0.2) is 30.6 Å². The number of benzene rings is 1. The van der Waals surface area contributed by atoms with Crippen molar-refractivity contribution in [2.45, 2.75) is 51.8 Å². The zero-order valence-electron chi connectivity index (χ0n) is 14.8. The summed E-state index contributed by atoms with van der Waals surface area (Å²) in [5.74, 6) is -0.132. The Morgan fingerprint density at radius 3 is 2.80 bits per heavy atom. The van der Waals surface area contributed by atoms with E-state index in [2.05, 4.69) is 10.6 Å². The van der Waals surface area contributed by atoms with Crippen molar-refractivity contribution < 1.29 is 14.3 Å². The first-order valence-corrected chi connectivity index (χ1v) is 8.56. The highest BCUT2D eigenvalue weighted by atomic mass is 35.5. The van der Waals surface area contributed by atoms with E-state index in [1.54, 1.807) is 0 Å². The predicted octanol–water partition coefficient (Wildman–Crippen LogP) is 2.22. The highest BCUT2D eigenvalue weighted by molar-refractivity contribution is 5.94. The zero-order valence-corrected chi connectivity index (χ0v) is 15.6. The van der Waals surface area contributed by atoms with Crippen LogP contribution in [-0.2, 0) is 20.9 Å². The lowest BCUT2D eigenvalue weighted by molar-refractivity contribution is -0.125. The first kappa shape index (κ1) is 21.4. The molecular formula is C18H28ClN3O3. The second-order valence-corrected chi connectivity index (χ2v) is 6.32. The van der Waals surface area contributed by atoms with Gasteiger partial charge in [-0.05, 0) is 36.5 Å². The van der Waals surface area contributed by atoms with E-state index < -0.39 is 6.04 Å². The molecule has 2 rings (SSSR count). The van der Waals surface area contributed by atoms with Gasteiger partial charge in [0.25, 0.3) is 5.91 Å². The Hall–Kier alpha value is -1.63. The van der Waals surface area contributed by atoms with Crippen LogP contribution in [0.4, 0.5) is 5.69 Å². The number of amides is 2. The molecule has 1 aromatic carbocycles. The summed E-state index contributed by atoms with van der Waals surface area (Å²) in [6.07, 6.45) is 2.18. The van der Waals surface area contributed by atoms with E-state index in [0.29, 0.717) is 18.8 Å². The number of carbonyl (C=O) groups excluding carboxylic acids is 2. The molecule has 0 spiro atoms. The van der Waals surface area contributed by atoms with E-state index >= 15 is 0 Å². The molecule has 0 aliphatic carbocycles. The molecule has 0 saturated carbocycles. The minimum atomic E-state index is -0.502. The molecule has 140 valence electrons. The molecule has 0 aromatic heterocycles. The number of nitrogens with one attached hydrogen (secondary N) is 2. The molecule has 1 aliphatic rings. The first-order chi connectivity index (χ1) is 11.5. The Morgan fingerprint density at radius 1 is 1.40 bits per heavy atom. The molecule has 3 unspecified atom stereocenters. The molecule has 1 fully saturated rings. The lowest BCUT2D eigenvalue weighted by Crippen LogP contribution is -2.44. The normalized spacial score (nSPS) is 18.8. The summed E-state index contributed by atoms with van der Waals surface area (Å²) >= 11 is 0. The third-order valence-electron chi connectivity index (χ3n) is 4.44. The monoisotopic (exact) mass is 369 g/mol. The fourth-order valence-electron chi connectivity index (χ4n) is 2.59. The third-order valence-corrected chi connectivity index (χ3v) is 4.44. The van der Waals surface area contributed by atoms with Crippen LogP contribution < -0.4 is 16.4 Å². The number of ether oxygens (including phenoxy) is 1. The maximum Gasteiger partial charge on any atom is 0.253 e. The molecule has 1 saturated heterocycles. The van der Waals surface area contributed by atoms with Gasteiger partial charge >= 0.3 is 0 Å². The minimum absolute atomic E-state index is 0. The van der Waals surface area contributed by atoms with Crippen molar-refractivity contribution in [3.8, 4) is 0 Å². The largest absolute Gasteiger partial charge is 0.368 e. The molecule has 25 heavy (non-hydrogen) atoms. The summed E-state index contributed by atoms with van der Waals surface area (Å²) in [6, 6.07) is 6.92. The number of hydrogen-bond acceptors (Lipinski definition) is 4. The van der Waals surface area contributed by atoms with E-state index in [4.69, 9.17) is 10.5 Å². The first-order valence-electron chi connectivity index (χ1n) is 8.56. The maximum absolute atomic E-state index is 12.1. The molecule has 0 bridgehead atoms. The van der Waals surface area contributed by atoms with Crippen LogP contribution in [0.15, 0.2) is 24.3 Å². The van der Waals surface area contributed by atoms with Crippen molar-refractivity contribution >= 4 is 29.9 Å². The zero-order chi connectivity index (χ0) is 17.5. The van der Waals surface area contributed by atoms with Gasteiger partial charge in [-0.1, -0.05) is 32.4 Å².